The van der Waals surface area contributed by atoms with E-state index >= 15 is 0 Å². The monoisotopic (exact) mass is 441 g/mol. The number of benzene rings is 1. The molecule has 3 heterocycles. The molecule has 0 unspecified atom stereocenters. The third-order valence-corrected chi connectivity index (χ3v) is 6.78. The number of thiophene rings is 1. The molecule has 1 fully saturated rings. The van der Waals surface area contributed by atoms with Crippen molar-refractivity contribution in [1.29, 1.82) is 0 Å². The lowest BCUT2D eigenvalue weighted by atomic mass is 10.1. The van der Waals surface area contributed by atoms with Gasteiger partial charge in [-0.3, -0.25) is 9.59 Å². The third kappa shape index (κ3) is 5.31. The van der Waals surface area contributed by atoms with Crippen molar-refractivity contribution in [2.24, 2.45) is 0 Å². The summed E-state index contributed by atoms with van der Waals surface area (Å²) < 4.78 is 5.37. The molecule has 1 saturated heterocycles. The van der Waals surface area contributed by atoms with Gasteiger partial charge in [-0.1, -0.05) is 35.5 Å². The van der Waals surface area contributed by atoms with Crippen molar-refractivity contribution < 1.29 is 14.1 Å². The van der Waals surface area contributed by atoms with Crippen molar-refractivity contribution in [2.75, 3.05) is 12.3 Å². The zero-order valence-corrected chi connectivity index (χ0v) is 18.1. The summed E-state index contributed by atoms with van der Waals surface area (Å²) in [6.07, 6.45) is 1.56. The van der Waals surface area contributed by atoms with E-state index in [2.05, 4.69) is 10.5 Å². The van der Waals surface area contributed by atoms with Crippen LogP contribution >= 0.6 is 23.1 Å². The molecule has 8 heteroatoms. The zero-order valence-electron chi connectivity index (χ0n) is 16.5. The fourth-order valence-corrected chi connectivity index (χ4v) is 4.78. The number of carbonyl (C=O) groups is 2. The van der Waals surface area contributed by atoms with E-state index in [0.717, 1.165) is 40.4 Å². The molecular weight excluding hydrogens is 418 g/mol. The van der Waals surface area contributed by atoms with Gasteiger partial charge in [0.15, 0.2) is 5.76 Å². The van der Waals surface area contributed by atoms with Crippen molar-refractivity contribution >= 4 is 34.9 Å². The van der Waals surface area contributed by atoms with E-state index in [4.69, 9.17) is 4.52 Å². The van der Waals surface area contributed by atoms with E-state index in [1.165, 1.54) is 11.8 Å². The predicted molar refractivity (Wildman–Crippen MR) is 119 cm³/mol. The van der Waals surface area contributed by atoms with Crippen molar-refractivity contribution in [1.82, 2.24) is 15.4 Å². The van der Waals surface area contributed by atoms with Gasteiger partial charge in [0.05, 0.1) is 16.3 Å². The van der Waals surface area contributed by atoms with Crippen LogP contribution in [-0.4, -0.2) is 34.2 Å². The van der Waals surface area contributed by atoms with Gasteiger partial charge in [0.1, 0.15) is 0 Å². The average Bonchev–Trinajstić information content (AvgIpc) is 3.50. The number of nitrogens with zero attached hydrogens (tertiary/aromatic N) is 2. The second-order valence-corrected chi connectivity index (χ2v) is 9.05. The molecule has 3 aromatic rings. The minimum Gasteiger partial charge on any atom is -0.355 e. The summed E-state index contributed by atoms with van der Waals surface area (Å²) in [5.41, 5.74) is 2.97. The highest BCUT2D eigenvalue weighted by molar-refractivity contribution is 7.99. The van der Waals surface area contributed by atoms with Gasteiger partial charge in [0.25, 0.3) is 0 Å². The first-order valence-corrected chi connectivity index (χ1v) is 11.9. The molecule has 0 atom stereocenters. The number of amides is 2. The molecule has 30 heavy (non-hydrogen) atoms. The van der Waals surface area contributed by atoms with Gasteiger partial charge < -0.3 is 14.7 Å². The molecule has 4 rings (SSSR count). The molecule has 1 aliphatic rings. The Labute approximate surface area is 183 Å². The van der Waals surface area contributed by atoms with Crippen LogP contribution in [0.2, 0.25) is 0 Å². The normalized spacial score (nSPS) is 13.7. The molecule has 0 saturated carbocycles. The Kier molecular flexibility index (Phi) is 6.86. The maximum atomic E-state index is 12.3. The maximum absolute atomic E-state index is 12.3. The first kappa shape index (κ1) is 20.7. The van der Waals surface area contributed by atoms with Gasteiger partial charge in [0, 0.05) is 37.9 Å². The van der Waals surface area contributed by atoms with Crippen molar-refractivity contribution in [2.45, 2.75) is 31.7 Å². The van der Waals surface area contributed by atoms with Crippen LogP contribution in [0.25, 0.3) is 10.6 Å². The average molecular weight is 442 g/mol. The topological polar surface area (TPSA) is 75.4 Å². The van der Waals surface area contributed by atoms with Crippen molar-refractivity contribution in [3.8, 4) is 10.6 Å². The zero-order chi connectivity index (χ0) is 20.8. The largest absolute Gasteiger partial charge is 0.355 e. The number of hydrogen-bond acceptors (Lipinski definition) is 6. The summed E-state index contributed by atoms with van der Waals surface area (Å²) in [6, 6.07) is 13.9. The minimum atomic E-state index is -0.0194. The third-order valence-electron chi connectivity index (χ3n) is 4.93. The van der Waals surface area contributed by atoms with Gasteiger partial charge in [-0.15, -0.1) is 23.1 Å². The summed E-state index contributed by atoms with van der Waals surface area (Å²) in [5, 5.41) is 9.06. The van der Waals surface area contributed by atoms with Crippen LogP contribution < -0.4 is 5.32 Å². The molecule has 6 nitrogen and oxygen atoms in total. The molecule has 0 radical (unpaired) electrons. The quantitative estimate of drug-likeness (QED) is 0.542. The van der Waals surface area contributed by atoms with Crippen LogP contribution in [0.4, 0.5) is 0 Å². The highest BCUT2D eigenvalue weighted by Gasteiger charge is 2.21. The molecule has 0 spiro atoms. The lowest BCUT2D eigenvalue weighted by Crippen LogP contribution is -2.27. The summed E-state index contributed by atoms with van der Waals surface area (Å²) in [7, 11) is 0. The van der Waals surface area contributed by atoms with Crippen LogP contribution in [0.1, 0.15) is 29.7 Å². The highest BCUT2D eigenvalue weighted by Crippen LogP contribution is 2.26. The maximum Gasteiger partial charge on any atom is 0.230 e. The number of rotatable bonds is 9. The summed E-state index contributed by atoms with van der Waals surface area (Å²) in [5.74, 6) is 1.93. The Balaban J connectivity index is 1.23. The van der Waals surface area contributed by atoms with E-state index < -0.39 is 0 Å². The molecule has 0 aliphatic carbocycles. The molecule has 156 valence electrons. The molecule has 1 N–H and O–H groups in total. The molecule has 1 aliphatic heterocycles. The Morgan fingerprint density at radius 3 is 2.87 bits per heavy atom. The van der Waals surface area contributed by atoms with Gasteiger partial charge in [-0.25, -0.2) is 0 Å². The molecule has 1 aromatic carbocycles. The smallest absolute Gasteiger partial charge is 0.230 e. The highest BCUT2D eigenvalue weighted by atomic mass is 32.2. The van der Waals surface area contributed by atoms with Crippen molar-refractivity contribution in [3.63, 3.8) is 0 Å². The Morgan fingerprint density at radius 2 is 2.10 bits per heavy atom. The van der Waals surface area contributed by atoms with Crippen LogP contribution in [0.3, 0.4) is 0 Å². The second kappa shape index (κ2) is 9.95. The van der Waals surface area contributed by atoms with Gasteiger partial charge in [0.2, 0.25) is 11.8 Å². The lowest BCUT2D eigenvalue weighted by molar-refractivity contribution is -0.128. The second-order valence-electron chi connectivity index (χ2n) is 7.12. The number of aromatic nitrogens is 1. The van der Waals surface area contributed by atoms with Crippen molar-refractivity contribution in [3.05, 3.63) is 64.7 Å². The van der Waals surface area contributed by atoms with Gasteiger partial charge in [-0.2, -0.15) is 0 Å². The number of thioether (sulfide) groups is 1. The SMILES string of the molecule is O=C(CSCc1cc(-c2cccs2)on1)NCc1ccccc1CN1CCCC1=O. The predicted octanol–water partition coefficient (Wildman–Crippen LogP) is 4.08. The number of hydrogen-bond donors (Lipinski definition) is 1. The standard InChI is InChI=1S/C22H23N3O3S2/c26-21(15-29-14-18-11-19(28-24-18)20-7-4-10-30-20)23-12-16-5-1-2-6-17(16)13-25-9-3-8-22(25)27/h1-2,4-7,10-11H,3,8-9,12-15H2,(H,23,26). The Bertz CT molecular complexity index is 1000. The van der Waals surface area contributed by atoms with Gasteiger partial charge >= 0.3 is 0 Å². The van der Waals surface area contributed by atoms with Gasteiger partial charge in [-0.05, 0) is 29.0 Å². The van der Waals surface area contributed by atoms with Crippen LogP contribution in [0, 0.1) is 0 Å². The summed E-state index contributed by atoms with van der Waals surface area (Å²) in [4.78, 5) is 27.1. The van der Waals surface area contributed by atoms with E-state index in [-0.39, 0.29) is 11.8 Å². The fourth-order valence-electron chi connectivity index (χ4n) is 3.37. The molecular formula is C22H23N3O3S2. The van der Waals surface area contributed by atoms with Crippen LogP contribution in [0.5, 0.6) is 0 Å². The number of nitrogens with one attached hydrogen (secondary N) is 1. The number of carbonyl (C=O) groups excluding carboxylic acids is 2. The van der Waals surface area contributed by atoms with E-state index in [0.29, 0.717) is 31.0 Å². The summed E-state index contributed by atoms with van der Waals surface area (Å²) >= 11 is 3.11. The van der Waals surface area contributed by atoms with E-state index in [9.17, 15) is 9.59 Å². The fraction of sp³-hybridized carbons (Fsp3) is 0.318. The Morgan fingerprint density at radius 1 is 1.23 bits per heavy atom. The minimum absolute atomic E-state index is 0.0194. The Hall–Kier alpha value is -2.58. The van der Waals surface area contributed by atoms with E-state index in [1.807, 2.05) is 52.7 Å². The molecule has 2 amide bonds. The first-order chi connectivity index (χ1) is 14.7. The van der Waals surface area contributed by atoms with E-state index in [1.54, 1.807) is 11.3 Å². The van der Waals surface area contributed by atoms with Crippen LogP contribution in [-0.2, 0) is 28.4 Å². The molecule has 2 aromatic heterocycles. The first-order valence-electron chi connectivity index (χ1n) is 9.87. The lowest BCUT2D eigenvalue weighted by Gasteiger charge is -2.18. The summed E-state index contributed by atoms with van der Waals surface area (Å²) in [6.45, 7) is 1.88. The molecule has 0 bridgehead atoms. The number of likely N-dealkylation sites (tertiary alicyclic amines) is 1. The van der Waals surface area contributed by atoms with Crippen LogP contribution in [0.15, 0.2) is 52.4 Å².